The van der Waals surface area contributed by atoms with E-state index in [1.165, 1.54) is 13.2 Å². The van der Waals surface area contributed by atoms with Gasteiger partial charge >= 0.3 is 5.97 Å². The Labute approximate surface area is 104 Å². The number of carbonyl (C=O) groups is 1. The molecule has 6 heteroatoms. The third-order valence-corrected chi connectivity index (χ3v) is 2.95. The molecule has 1 aromatic rings. The van der Waals surface area contributed by atoms with Crippen molar-refractivity contribution in [3.8, 4) is 5.75 Å². The van der Waals surface area contributed by atoms with Gasteiger partial charge in [-0.2, -0.15) is 0 Å². The fourth-order valence-corrected chi connectivity index (χ4v) is 2.57. The highest BCUT2D eigenvalue weighted by molar-refractivity contribution is 9.11. The highest BCUT2D eigenvalue weighted by Gasteiger charge is 2.22. The Bertz CT molecular complexity index is 372. The molecule has 1 aromatic carbocycles. The lowest BCUT2D eigenvalue weighted by Crippen LogP contribution is -2.23. The maximum absolute atomic E-state index is 11.2. The molecule has 0 saturated heterocycles. The number of aromatic hydroxyl groups is 1. The lowest BCUT2D eigenvalue weighted by Gasteiger charge is -2.13. The Morgan fingerprint density at radius 3 is 2.60 bits per heavy atom. The van der Waals surface area contributed by atoms with Gasteiger partial charge in [-0.25, -0.2) is 0 Å². The van der Waals surface area contributed by atoms with Gasteiger partial charge in [-0.3, -0.25) is 4.79 Å². The molecule has 0 fully saturated rings. The van der Waals surface area contributed by atoms with Crippen LogP contribution in [0.3, 0.4) is 0 Å². The first-order valence-corrected chi connectivity index (χ1v) is 5.57. The van der Waals surface area contributed by atoms with Gasteiger partial charge in [-0.15, -0.1) is 0 Å². The van der Waals surface area contributed by atoms with E-state index in [9.17, 15) is 9.90 Å². The smallest absolute Gasteiger partial charge is 0.327 e. The van der Waals surface area contributed by atoms with Crippen molar-refractivity contribution in [2.24, 2.45) is 5.73 Å². The molecule has 0 spiro atoms. The van der Waals surface area contributed by atoms with Crippen molar-refractivity contribution in [1.82, 2.24) is 0 Å². The van der Waals surface area contributed by atoms with Gasteiger partial charge in [-0.05, 0) is 12.1 Å². The first kappa shape index (κ1) is 12.5. The van der Waals surface area contributed by atoms with Crippen LogP contribution in [0.25, 0.3) is 0 Å². The summed E-state index contributed by atoms with van der Waals surface area (Å²) in [5.74, 6) is -0.664. The highest BCUT2D eigenvalue weighted by Crippen LogP contribution is 2.34. The first-order valence-electron chi connectivity index (χ1n) is 3.98. The van der Waals surface area contributed by atoms with Crippen molar-refractivity contribution in [2.75, 3.05) is 7.11 Å². The van der Waals surface area contributed by atoms with Gasteiger partial charge in [0.2, 0.25) is 0 Å². The van der Waals surface area contributed by atoms with Crippen molar-refractivity contribution in [3.05, 3.63) is 26.6 Å². The number of methoxy groups -OCH3 is 1. The summed E-state index contributed by atoms with van der Waals surface area (Å²) < 4.78 is 5.74. The predicted octanol–water partition coefficient (Wildman–Crippen LogP) is 2.09. The van der Waals surface area contributed by atoms with Crippen LogP contribution in [0.1, 0.15) is 11.6 Å². The van der Waals surface area contributed by atoms with Gasteiger partial charge < -0.3 is 15.6 Å². The van der Waals surface area contributed by atoms with E-state index in [4.69, 9.17) is 5.73 Å². The van der Waals surface area contributed by atoms with Crippen LogP contribution in [-0.2, 0) is 9.53 Å². The fraction of sp³-hybridized carbons (Fsp3) is 0.222. The number of halogens is 2. The molecular weight excluding hydrogens is 330 g/mol. The molecule has 0 aromatic heterocycles. The maximum Gasteiger partial charge on any atom is 0.327 e. The molecule has 0 unspecified atom stereocenters. The van der Waals surface area contributed by atoms with Crippen LogP contribution in [0.4, 0.5) is 0 Å². The summed E-state index contributed by atoms with van der Waals surface area (Å²) in [6.07, 6.45) is 0. The summed E-state index contributed by atoms with van der Waals surface area (Å²) in [5.41, 5.74) is 5.93. The molecule has 0 amide bonds. The molecule has 1 rings (SSSR count). The zero-order valence-corrected chi connectivity index (χ0v) is 11.0. The van der Waals surface area contributed by atoms with Crippen LogP contribution in [-0.4, -0.2) is 18.2 Å². The number of benzene rings is 1. The summed E-state index contributed by atoms with van der Waals surface area (Å²) in [6, 6.07) is 2.15. The van der Waals surface area contributed by atoms with E-state index in [1.807, 2.05) is 0 Å². The Hall–Kier alpha value is -0.590. The molecule has 1 atom stereocenters. The summed E-state index contributed by atoms with van der Waals surface area (Å²) in [4.78, 5) is 11.2. The molecule has 15 heavy (non-hydrogen) atoms. The van der Waals surface area contributed by atoms with Crippen LogP contribution in [0.5, 0.6) is 5.75 Å². The Morgan fingerprint density at radius 1 is 1.53 bits per heavy atom. The van der Waals surface area contributed by atoms with E-state index in [0.29, 0.717) is 14.5 Å². The Kier molecular flexibility index (Phi) is 4.12. The van der Waals surface area contributed by atoms with Gasteiger partial charge in [0.25, 0.3) is 0 Å². The van der Waals surface area contributed by atoms with Crippen molar-refractivity contribution in [2.45, 2.75) is 6.04 Å². The second kappa shape index (κ2) is 4.96. The standard InChI is InChI=1S/C9H9Br2NO3/c1-15-9(14)8(12)7-5(11)2-4(10)3-6(7)13/h2-3,8,13H,12H2,1H3/t8-/m1/s1. The molecular formula is C9H9Br2NO3. The molecule has 0 bridgehead atoms. The third kappa shape index (κ3) is 2.70. The van der Waals surface area contributed by atoms with Crippen molar-refractivity contribution >= 4 is 37.8 Å². The monoisotopic (exact) mass is 337 g/mol. The number of esters is 1. The Morgan fingerprint density at radius 2 is 2.13 bits per heavy atom. The molecule has 0 heterocycles. The lowest BCUT2D eigenvalue weighted by atomic mass is 10.1. The molecule has 82 valence electrons. The van der Waals surface area contributed by atoms with Crippen LogP contribution in [0.2, 0.25) is 0 Å². The minimum Gasteiger partial charge on any atom is -0.508 e. The van der Waals surface area contributed by atoms with Crippen LogP contribution in [0, 0.1) is 0 Å². The number of phenols is 1. The van der Waals surface area contributed by atoms with Gasteiger partial charge in [0.05, 0.1) is 7.11 Å². The first-order chi connectivity index (χ1) is 6.97. The summed E-state index contributed by atoms with van der Waals surface area (Å²) >= 11 is 6.42. The largest absolute Gasteiger partial charge is 0.508 e. The van der Waals surface area contributed by atoms with Crippen molar-refractivity contribution in [3.63, 3.8) is 0 Å². The fourth-order valence-electron chi connectivity index (χ4n) is 1.12. The van der Waals surface area contributed by atoms with Crippen molar-refractivity contribution < 1.29 is 14.6 Å². The molecule has 0 aliphatic heterocycles. The Balaban J connectivity index is 3.19. The number of hydrogen-bond donors (Lipinski definition) is 2. The summed E-state index contributed by atoms with van der Waals surface area (Å²) in [6.45, 7) is 0. The number of ether oxygens (including phenoxy) is 1. The zero-order valence-electron chi connectivity index (χ0n) is 7.83. The SMILES string of the molecule is COC(=O)[C@H](N)c1c(O)cc(Br)cc1Br. The average molecular weight is 339 g/mol. The zero-order chi connectivity index (χ0) is 11.6. The van der Waals surface area contributed by atoms with Crippen LogP contribution in [0.15, 0.2) is 21.1 Å². The van der Waals surface area contributed by atoms with E-state index in [2.05, 4.69) is 36.6 Å². The van der Waals surface area contributed by atoms with E-state index in [0.717, 1.165) is 0 Å². The number of nitrogens with two attached hydrogens (primary N) is 1. The topological polar surface area (TPSA) is 72.5 Å². The van der Waals surface area contributed by atoms with E-state index >= 15 is 0 Å². The van der Waals surface area contributed by atoms with Crippen LogP contribution >= 0.6 is 31.9 Å². The second-order valence-corrected chi connectivity index (χ2v) is 4.59. The molecule has 0 radical (unpaired) electrons. The van der Waals surface area contributed by atoms with Gasteiger partial charge in [0.15, 0.2) is 0 Å². The minimum atomic E-state index is -1.00. The van der Waals surface area contributed by atoms with Crippen LogP contribution < -0.4 is 5.73 Å². The molecule has 0 aliphatic carbocycles. The van der Waals surface area contributed by atoms with Gasteiger partial charge in [0.1, 0.15) is 11.8 Å². The second-order valence-electron chi connectivity index (χ2n) is 2.82. The predicted molar refractivity (Wildman–Crippen MR) is 62.5 cm³/mol. The number of hydrogen-bond acceptors (Lipinski definition) is 4. The normalized spacial score (nSPS) is 12.3. The quantitative estimate of drug-likeness (QED) is 0.810. The molecule has 3 N–H and O–H groups in total. The molecule has 4 nitrogen and oxygen atoms in total. The van der Waals surface area contributed by atoms with Gasteiger partial charge in [0, 0.05) is 14.5 Å². The molecule has 0 aliphatic rings. The highest BCUT2D eigenvalue weighted by atomic mass is 79.9. The number of carbonyl (C=O) groups excluding carboxylic acids is 1. The number of rotatable bonds is 2. The third-order valence-electron chi connectivity index (χ3n) is 1.84. The lowest BCUT2D eigenvalue weighted by molar-refractivity contribution is -0.142. The van der Waals surface area contributed by atoms with Crippen molar-refractivity contribution in [1.29, 1.82) is 0 Å². The number of phenolic OH excluding ortho intramolecular Hbond substituents is 1. The van der Waals surface area contributed by atoms with E-state index in [1.54, 1.807) is 6.07 Å². The summed E-state index contributed by atoms with van der Waals surface area (Å²) in [7, 11) is 1.24. The van der Waals surface area contributed by atoms with E-state index < -0.39 is 12.0 Å². The maximum atomic E-state index is 11.2. The minimum absolute atomic E-state index is 0.0610. The average Bonchev–Trinajstić information content (AvgIpc) is 2.14. The van der Waals surface area contributed by atoms with Gasteiger partial charge in [-0.1, -0.05) is 31.9 Å². The van der Waals surface area contributed by atoms with E-state index in [-0.39, 0.29) is 5.75 Å². The summed E-state index contributed by atoms with van der Waals surface area (Å²) in [5, 5.41) is 9.64. The molecule has 0 saturated carbocycles.